The van der Waals surface area contributed by atoms with Crippen LogP contribution in [-0.2, 0) is 11.3 Å². The minimum absolute atomic E-state index is 0.109. The molecule has 0 saturated carbocycles. The van der Waals surface area contributed by atoms with Crippen LogP contribution in [0.25, 0.3) is 0 Å². The number of nitrogens with zero attached hydrogens (tertiary/aromatic N) is 1. The van der Waals surface area contributed by atoms with Crippen LogP contribution in [-0.4, -0.2) is 28.6 Å². The van der Waals surface area contributed by atoms with E-state index in [0.717, 1.165) is 5.56 Å². The van der Waals surface area contributed by atoms with Gasteiger partial charge in [-0.1, -0.05) is 6.07 Å². The van der Waals surface area contributed by atoms with Crippen molar-refractivity contribution in [3.8, 4) is 5.75 Å². The van der Waals surface area contributed by atoms with E-state index in [0.29, 0.717) is 24.5 Å². The minimum atomic E-state index is -0.406. The van der Waals surface area contributed by atoms with Gasteiger partial charge < -0.3 is 15.4 Å². The van der Waals surface area contributed by atoms with Crippen LogP contribution in [0.5, 0.6) is 5.75 Å². The maximum absolute atomic E-state index is 11.9. The molecule has 23 heavy (non-hydrogen) atoms. The number of nitrogens with one attached hydrogen (secondary N) is 3. The van der Waals surface area contributed by atoms with E-state index in [-0.39, 0.29) is 23.7 Å². The Balaban J connectivity index is 1.69. The average molecular weight is 314 g/mol. The van der Waals surface area contributed by atoms with E-state index in [1.54, 1.807) is 18.2 Å². The lowest BCUT2D eigenvalue weighted by Crippen LogP contribution is -2.25. The molecule has 3 N–H and O–H groups in total. The number of anilines is 1. The first-order chi connectivity index (χ1) is 11.1. The standard InChI is InChI=1S/C15H14N4O4/c20-13-5-6-23-12-3-1-9(7-11(12)17-13)8-16-15(22)10-2-4-14(21)19-18-10/h1-4,7H,5-6,8H2,(H,16,22)(H,17,20)(H,19,21). The van der Waals surface area contributed by atoms with Crippen molar-refractivity contribution in [2.45, 2.75) is 13.0 Å². The number of amides is 2. The third-order valence-electron chi connectivity index (χ3n) is 3.27. The summed E-state index contributed by atoms with van der Waals surface area (Å²) in [5.41, 5.74) is 1.13. The molecule has 1 aromatic heterocycles. The molecule has 1 aromatic carbocycles. The first-order valence-electron chi connectivity index (χ1n) is 7.01. The second-order valence-corrected chi connectivity index (χ2v) is 4.97. The topological polar surface area (TPSA) is 113 Å². The summed E-state index contributed by atoms with van der Waals surface area (Å²) in [5.74, 6) is 0.0899. The van der Waals surface area contributed by atoms with E-state index >= 15 is 0 Å². The van der Waals surface area contributed by atoms with Crippen LogP contribution in [0, 0.1) is 0 Å². The number of aromatic nitrogens is 2. The molecule has 0 unspecified atom stereocenters. The minimum Gasteiger partial charge on any atom is -0.491 e. The Kier molecular flexibility index (Phi) is 4.05. The first-order valence-corrected chi connectivity index (χ1v) is 7.01. The van der Waals surface area contributed by atoms with E-state index < -0.39 is 5.91 Å². The van der Waals surface area contributed by atoms with Crippen molar-refractivity contribution in [2.24, 2.45) is 0 Å². The van der Waals surface area contributed by atoms with Crippen LogP contribution in [0.15, 0.2) is 35.1 Å². The van der Waals surface area contributed by atoms with Crippen LogP contribution < -0.4 is 20.9 Å². The van der Waals surface area contributed by atoms with Crippen molar-refractivity contribution >= 4 is 17.5 Å². The largest absolute Gasteiger partial charge is 0.491 e. The number of hydrogen-bond acceptors (Lipinski definition) is 5. The van der Waals surface area contributed by atoms with Crippen LogP contribution in [0.2, 0.25) is 0 Å². The Bertz CT molecular complexity index is 795. The van der Waals surface area contributed by atoms with Crippen molar-refractivity contribution < 1.29 is 14.3 Å². The van der Waals surface area contributed by atoms with E-state index in [2.05, 4.69) is 20.8 Å². The summed E-state index contributed by atoms with van der Waals surface area (Å²) in [7, 11) is 0. The molecule has 2 heterocycles. The van der Waals surface area contributed by atoms with Gasteiger partial charge in [-0.2, -0.15) is 5.10 Å². The van der Waals surface area contributed by atoms with Crippen LogP contribution in [0.4, 0.5) is 5.69 Å². The van der Waals surface area contributed by atoms with Crippen molar-refractivity contribution in [3.05, 3.63) is 51.9 Å². The molecule has 1 aliphatic heterocycles. The van der Waals surface area contributed by atoms with Crippen molar-refractivity contribution in [1.29, 1.82) is 0 Å². The fourth-order valence-electron chi connectivity index (χ4n) is 2.12. The summed E-state index contributed by atoms with van der Waals surface area (Å²) in [4.78, 5) is 34.4. The predicted molar refractivity (Wildman–Crippen MR) is 81.2 cm³/mol. The zero-order chi connectivity index (χ0) is 16.2. The number of aromatic amines is 1. The highest BCUT2D eigenvalue weighted by Crippen LogP contribution is 2.28. The van der Waals surface area contributed by atoms with Gasteiger partial charge in [-0.05, 0) is 23.8 Å². The van der Waals surface area contributed by atoms with Gasteiger partial charge in [0.15, 0.2) is 0 Å². The van der Waals surface area contributed by atoms with Crippen molar-refractivity contribution in [2.75, 3.05) is 11.9 Å². The molecule has 0 bridgehead atoms. The van der Waals surface area contributed by atoms with Gasteiger partial charge in [-0.25, -0.2) is 5.10 Å². The van der Waals surface area contributed by atoms with Gasteiger partial charge in [-0.3, -0.25) is 14.4 Å². The molecule has 8 nitrogen and oxygen atoms in total. The summed E-state index contributed by atoms with van der Waals surface area (Å²) in [6.45, 7) is 0.593. The summed E-state index contributed by atoms with van der Waals surface area (Å²) < 4.78 is 5.47. The van der Waals surface area contributed by atoms with Crippen LogP contribution in [0.3, 0.4) is 0 Å². The molecular weight excluding hydrogens is 300 g/mol. The Hall–Kier alpha value is -3.16. The SMILES string of the molecule is O=C1CCOc2ccc(CNC(=O)c3ccc(=O)[nH]n3)cc2N1. The molecule has 0 spiro atoms. The zero-order valence-corrected chi connectivity index (χ0v) is 12.1. The number of rotatable bonds is 3. The molecule has 0 saturated heterocycles. The number of fused-ring (bicyclic) bond motifs is 1. The molecule has 2 aromatic rings. The van der Waals surface area contributed by atoms with E-state index in [4.69, 9.17) is 4.74 Å². The molecule has 2 amide bonds. The van der Waals surface area contributed by atoms with Gasteiger partial charge in [0, 0.05) is 12.6 Å². The van der Waals surface area contributed by atoms with Crippen LogP contribution in [0.1, 0.15) is 22.5 Å². The lowest BCUT2D eigenvalue weighted by molar-refractivity contribution is -0.116. The number of benzene rings is 1. The molecule has 8 heteroatoms. The van der Waals surface area contributed by atoms with Gasteiger partial charge in [0.2, 0.25) is 5.91 Å². The van der Waals surface area contributed by atoms with E-state index in [9.17, 15) is 14.4 Å². The van der Waals surface area contributed by atoms with Gasteiger partial charge >= 0.3 is 0 Å². The second kappa shape index (κ2) is 6.30. The Morgan fingerprint density at radius 1 is 1.26 bits per heavy atom. The molecule has 0 aliphatic carbocycles. The van der Waals surface area contributed by atoms with Gasteiger partial charge in [0.25, 0.3) is 11.5 Å². The molecule has 3 rings (SSSR count). The lowest BCUT2D eigenvalue weighted by Gasteiger charge is -2.10. The lowest BCUT2D eigenvalue weighted by atomic mass is 10.1. The summed E-state index contributed by atoms with van der Waals surface area (Å²) in [5, 5.41) is 11.3. The zero-order valence-electron chi connectivity index (χ0n) is 12.1. The highest BCUT2D eigenvalue weighted by atomic mass is 16.5. The van der Waals surface area contributed by atoms with Gasteiger partial charge in [0.05, 0.1) is 18.7 Å². The molecule has 1 aliphatic rings. The Morgan fingerprint density at radius 2 is 2.13 bits per heavy atom. The van der Waals surface area contributed by atoms with Crippen LogP contribution >= 0.6 is 0 Å². The van der Waals surface area contributed by atoms with Crippen molar-refractivity contribution in [1.82, 2.24) is 15.5 Å². The Labute approximate surface area is 130 Å². The van der Waals surface area contributed by atoms with E-state index in [1.165, 1.54) is 12.1 Å². The maximum atomic E-state index is 11.9. The number of H-pyrrole nitrogens is 1. The number of hydrogen-bond donors (Lipinski definition) is 3. The highest BCUT2D eigenvalue weighted by molar-refractivity contribution is 5.93. The monoisotopic (exact) mass is 314 g/mol. The Morgan fingerprint density at radius 3 is 2.91 bits per heavy atom. The molecular formula is C15H14N4O4. The average Bonchev–Trinajstić information content (AvgIpc) is 2.73. The molecule has 0 fully saturated rings. The normalized spacial score (nSPS) is 13.3. The molecule has 0 atom stereocenters. The van der Waals surface area contributed by atoms with E-state index in [1.807, 2.05) is 0 Å². The summed E-state index contributed by atoms with van der Waals surface area (Å²) in [6, 6.07) is 7.88. The predicted octanol–water partition coefficient (Wildman–Crippen LogP) is 0.421. The fourth-order valence-corrected chi connectivity index (χ4v) is 2.12. The summed E-state index contributed by atoms with van der Waals surface area (Å²) in [6.07, 6.45) is 0.304. The number of ether oxygens (including phenoxy) is 1. The maximum Gasteiger partial charge on any atom is 0.271 e. The smallest absolute Gasteiger partial charge is 0.271 e. The molecule has 0 radical (unpaired) electrons. The second-order valence-electron chi connectivity index (χ2n) is 4.97. The first kappa shape index (κ1) is 14.8. The third-order valence-corrected chi connectivity index (χ3v) is 3.27. The van der Waals surface area contributed by atoms with Gasteiger partial charge in [0.1, 0.15) is 11.4 Å². The quantitative estimate of drug-likeness (QED) is 0.760. The highest BCUT2D eigenvalue weighted by Gasteiger charge is 2.14. The fraction of sp³-hybridized carbons (Fsp3) is 0.200. The van der Waals surface area contributed by atoms with Gasteiger partial charge in [-0.15, -0.1) is 0 Å². The number of carbonyl (C=O) groups is 2. The molecule has 118 valence electrons. The third kappa shape index (κ3) is 3.54. The summed E-state index contributed by atoms with van der Waals surface area (Å²) >= 11 is 0. The van der Waals surface area contributed by atoms with Crippen molar-refractivity contribution in [3.63, 3.8) is 0 Å². The number of carbonyl (C=O) groups excluding carboxylic acids is 2.